The fourth-order valence-electron chi connectivity index (χ4n) is 5.79. The molecule has 5 rings (SSSR count). The van der Waals surface area contributed by atoms with E-state index in [0.717, 1.165) is 60.1 Å². The number of hydrogen-bond acceptors (Lipinski definition) is 4. The predicted molar refractivity (Wildman–Crippen MR) is 145 cm³/mol. The van der Waals surface area contributed by atoms with E-state index >= 15 is 0 Å². The van der Waals surface area contributed by atoms with Crippen molar-refractivity contribution in [1.29, 1.82) is 0 Å². The van der Waals surface area contributed by atoms with Crippen molar-refractivity contribution in [3.05, 3.63) is 94.0 Å². The van der Waals surface area contributed by atoms with Crippen LogP contribution in [0, 0.1) is 0 Å². The summed E-state index contributed by atoms with van der Waals surface area (Å²) in [6, 6.07) is 20.6. The van der Waals surface area contributed by atoms with E-state index in [4.69, 9.17) is 0 Å². The molecule has 0 aliphatic carbocycles. The topological polar surface area (TPSA) is 24.9 Å². The third-order valence-corrected chi connectivity index (χ3v) is 8.59. The molecular formula is C30H29BrF6N2O2. The zero-order chi connectivity index (χ0) is 29.2. The normalized spacial score (nSPS) is 21.0. The Bertz CT molecular complexity index is 1290. The van der Waals surface area contributed by atoms with Crippen molar-refractivity contribution in [2.45, 2.75) is 56.5 Å². The monoisotopic (exact) mass is 642 g/mol. The number of ether oxygens (including phenoxy) is 2. The number of benzene rings is 3. The van der Waals surface area contributed by atoms with Gasteiger partial charge in [0.05, 0.1) is 0 Å². The van der Waals surface area contributed by atoms with Gasteiger partial charge in [0.15, 0.2) is 0 Å². The average molecular weight is 643 g/mol. The fourth-order valence-corrected chi connectivity index (χ4v) is 6.20. The molecule has 0 N–H and O–H groups in total. The summed E-state index contributed by atoms with van der Waals surface area (Å²) >= 11 is 3.63. The Labute approximate surface area is 243 Å². The molecule has 0 bridgehead atoms. The summed E-state index contributed by atoms with van der Waals surface area (Å²) in [4.78, 5) is 4.82. The van der Waals surface area contributed by atoms with Crippen LogP contribution in [0.2, 0.25) is 0 Å². The number of hydrogen-bond donors (Lipinski definition) is 0. The molecule has 11 heteroatoms. The highest BCUT2D eigenvalue weighted by Crippen LogP contribution is 2.42. The minimum Gasteiger partial charge on any atom is -0.406 e. The van der Waals surface area contributed by atoms with Gasteiger partial charge >= 0.3 is 12.7 Å². The standard InChI is InChI=1S/C30H29BrF6N2O2/c31-27-4-2-1-3-23(27)18-39-24(17-28(39)22-7-11-26(12-8-22)41-30(35,36)37)19-38-15-13-21(14-16-38)20-5-9-25(10-6-20)40-29(32,33)34/h1-12,21,24,28H,13-19H2. The van der Waals surface area contributed by atoms with Gasteiger partial charge in [-0.2, -0.15) is 0 Å². The van der Waals surface area contributed by atoms with Crippen LogP contribution in [0.4, 0.5) is 26.3 Å². The Hall–Kier alpha value is -2.76. The molecule has 0 saturated carbocycles. The number of nitrogens with zero attached hydrogens (tertiary/aromatic N) is 2. The largest absolute Gasteiger partial charge is 0.573 e. The number of piperidine rings is 1. The molecule has 0 spiro atoms. The van der Waals surface area contributed by atoms with E-state index in [1.165, 1.54) is 24.3 Å². The molecule has 0 amide bonds. The summed E-state index contributed by atoms with van der Waals surface area (Å²) in [5, 5.41) is 0. The Morgan fingerprint density at radius 2 is 1.27 bits per heavy atom. The second kappa shape index (κ2) is 12.2. The van der Waals surface area contributed by atoms with Gasteiger partial charge in [-0.3, -0.25) is 4.90 Å². The lowest BCUT2D eigenvalue weighted by Gasteiger charge is -2.51. The summed E-state index contributed by atoms with van der Waals surface area (Å²) in [6.45, 7) is 3.31. The number of likely N-dealkylation sites (tertiary alicyclic amines) is 2. The highest BCUT2D eigenvalue weighted by Gasteiger charge is 2.41. The van der Waals surface area contributed by atoms with Crippen LogP contribution in [0.15, 0.2) is 77.3 Å². The van der Waals surface area contributed by atoms with E-state index in [0.29, 0.717) is 6.54 Å². The lowest BCUT2D eigenvalue weighted by Crippen LogP contribution is -2.55. The highest BCUT2D eigenvalue weighted by atomic mass is 79.9. The van der Waals surface area contributed by atoms with Crippen LogP contribution in [-0.2, 0) is 6.54 Å². The first kappa shape index (κ1) is 29.7. The number of rotatable bonds is 8. The molecule has 3 aromatic rings. The first-order valence-corrected chi connectivity index (χ1v) is 14.2. The molecule has 2 heterocycles. The highest BCUT2D eigenvalue weighted by molar-refractivity contribution is 9.10. The molecule has 2 aliphatic rings. The number of alkyl halides is 6. The van der Waals surface area contributed by atoms with Crippen LogP contribution in [0.5, 0.6) is 11.5 Å². The van der Waals surface area contributed by atoms with E-state index in [1.807, 2.05) is 18.2 Å². The van der Waals surface area contributed by atoms with Gasteiger partial charge in [0.25, 0.3) is 0 Å². The molecule has 2 aliphatic heterocycles. The van der Waals surface area contributed by atoms with Gasteiger partial charge in [-0.25, -0.2) is 0 Å². The quantitative estimate of drug-likeness (QED) is 0.230. The summed E-state index contributed by atoms with van der Waals surface area (Å²) in [5.41, 5.74) is 3.09. The van der Waals surface area contributed by atoms with Crippen molar-refractivity contribution in [1.82, 2.24) is 9.80 Å². The Morgan fingerprint density at radius 3 is 1.80 bits per heavy atom. The molecular weight excluding hydrogens is 614 g/mol. The number of halogens is 7. The second-order valence-electron chi connectivity index (χ2n) is 10.5. The first-order valence-electron chi connectivity index (χ1n) is 13.4. The van der Waals surface area contributed by atoms with E-state index in [9.17, 15) is 26.3 Å². The molecule has 2 atom stereocenters. The van der Waals surface area contributed by atoms with Gasteiger partial charge in [0.2, 0.25) is 0 Å². The Balaban J connectivity index is 1.21. The van der Waals surface area contributed by atoms with Gasteiger partial charge in [-0.15, -0.1) is 26.3 Å². The molecule has 0 radical (unpaired) electrons. The molecule has 2 unspecified atom stereocenters. The maximum atomic E-state index is 12.6. The van der Waals surface area contributed by atoms with Crippen LogP contribution in [0.1, 0.15) is 47.9 Å². The molecule has 2 fully saturated rings. The SMILES string of the molecule is FC(F)(F)Oc1ccc(C2CCN(CC3CC(c4ccc(OC(F)(F)F)cc4)N3Cc3ccccc3Br)CC2)cc1. The smallest absolute Gasteiger partial charge is 0.406 e. The summed E-state index contributed by atoms with van der Waals surface area (Å²) < 4.78 is 84.2. The van der Waals surface area contributed by atoms with E-state index in [-0.39, 0.29) is 29.5 Å². The first-order chi connectivity index (χ1) is 19.4. The zero-order valence-corrected chi connectivity index (χ0v) is 23.6. The summed E-state index contributed by atoms with van der Waals surface area (Å²) in [7, 11) is 0. The lowest BCUT2D eigenvalue weighted by molar-refractivity contribution is -0.275. The minimum absolute atomic E-state index is 0.0713. The van der Waals surface area contributed by atoms with Gasteiger partial charge in [-0.05, 0) is 85.3 Å². The van der Waals surface area contributed by atoms with Crippen molar-refractivity contribution >= 4 is 15.9 Å². The average Bonchev–Trinajstić information content (AvgIpc) is 2.90. The second-order valence-corrected chi connectivity index (χ2v) is 11.3. The fraction of sp³-hybridized carbons (Fsp3) is 0.400. The van der Waals surface area contributed by atoms with Gasteiger partial charge in [-0.1, -0.05) is 58.4 Å². The molecule has 41 heavy (non-hydrogen) atoms. The molecule has 0 aromatic heterocycles. The van der Waals surface area contributed by atoms with Crippen LogP contribution in [0.25, 0.3) is 0 Å². The van der Waals surface area contributed by atoms with Gasteiger partial charge in [0, 0.05) is 29.6 Å². The Morgan fingerprint density at radius 1 is 0.732 bits per heavy atom. The third-order valence-electron chi connectivity index (χ3n) is 7.82. The minimum atomic E-state index is -4.73. The van der Waals surface area contributed by atoms with E-state index in [2.05, 4.69) is 41.3 Å². The van der Waals surface area contributed by atoms with Gasteiger partial charge in [0.1, 0.15) is 11.5 Å². The van der Waals surface area contributed by atoms with Crippen molar-refractivity contribution < 1.29 is 35.8 Å². The van der Waals surface area contributed by atoms with Crippen LogP contribution in [-0.4, -0.2) is 48.2 Å². The lowest BCUT2D eigenvalue weighted by atomic mass is 9.85. The summed E-state index contributed by atoms with van der Waals surface area (Å²) in [5.74, 6) is -0.181. The molecule has 220 valence electrons. The van der Waals surface area contributed by atoms with Crippen molar-refractivity contribution in [2.24, 2.45) is 0 Å². The van der Waals surface area contributed by atoms with Crippen molar-refractivity contribution in [2.75, 3.05) is 19.6 Å². The zero-order valence-electron chi connectivity index (χ0n) is 22.0. The molecule has 2 saturated heterocycles. The van der Waals surface area contributed by atoms with Crippen LogP contribution in [0.3, 0.4) is 0 Å². The van der Waals surface area contributed by atoms with E-state index < -0.39 is 12.7 Å². The summed E-state index contributed by atoms with van der Waals surface area (Å²) in [6.07, 6.45) is -6.75. The van der Waals surface area contributed by atoms with Crippen LogP contribution < -0.4 is 9.47 Å². The van der Waals surface area contributed by atoms with Gasteiger partial charge < -0.3 is 14.4 Å². The molecule has 4 nitrogen and oxygen atoms in total. The van der Waals surface area contributed by atoms with E-state index in [1.54, 1.807) is 24.3 Å². The predicted octanol–water partition coefficient (Wildman–Crippen LogP) is 8.44. The maximum Gasteiger partial charge on any atom is 0.573 e. The molecule has 3 aromatic carbocycles. The third kappa shape index (κ3) is 7.96. The van der Waals surface area contributed by atoms with Crippen molar-refractivity contribution in [3.8, 4) is 11.5 Å². The van der Waals surface area contributed by atoms with Crippen molar-refractivity contribution in [3.63, 3.8) is 0 Å². The Kier molecular flexibility index (Phi) is 8.87. The van der Waals surface area contributed by atoms with Crippen LogP contribution >= 0.6 is 15.9 Å². The maximum absolute atomic E-state index is 12.6.